The van der Waals surface area contributed by atoms with E-state index < -0.39 is 41.3 Å². The lowest BCUT2D eigenvalue weighted by Crippen LogP contribution is -2.58. The van der Waals surface area contributed by atoms with Crippen LogP contribution < -0.4 is 10.6 Å². The number of carbonyl (C=O) groups is 1. The van der Waals surface area contributed by atoms with Gasteiger partial charge in [0, 0.05) is 28.8 Å². The van der Waals surface area contributed by atoms with E-state index in [9.17, 15) is 26.7 Å². The molecule has 0 saturated heterocycles. The van der Waals surface area contributed by atoms with E-state index in [0.29, 0.717) is 12.1 Å². The fourth-order valence-corrected chi connectivity index (χ4v) is 4.87. The summed E-state index contributed by atoms with van der Waals surface area (Å²) in [7, 11) is 0. The highest BCUT2D eigenvalue weighted by molar-refractivity contribution is 6.00. The Morgan fingerprint density at radius 1 is 1.26 bits per heavy atom. The molecule has 2 atom stereocenters. The zero-order chi connectivity index (χ0) is 22.8. The summed E-state index contributed by atoms with van der Waals surface area (Å²) in [4.78, 5) is 13.2. The Morgan fingerprint density at radius 2 is 1.97 bits per heavy atom. The SMILES string of the molecule is CC[C@]1(c2cccc(C(F)F)c2)C2=C(CC(C)(C)NC2=O)NC2N=NC(C(F)(F)F)=C21. The number of hydrogen-bond acceptors (Lipinski definition) is 4. The van der Waals surface area contributed by atoms with Crippen molar-refractivity contribution in [2.24, 2.45) is 10.2 Å². The number of hydrogen-bond donors (Lipinski definition) is 2. The Kier molecular flexibility index (Phi) is 4.75. The summed E-state index contributed by atoms with van der Waals surface area (Å²) in [5.41, 5.74) is -3.27. The van der Waals surface area contributed by atoms with Gasteiger partial charge < -0.3 is 10.6 Å². The van der Waals surface area contributed by atoms with Crippen molar-refractivity contribution >= 4 is 5.91 Å². The fourth-order valence-electron chi connectivity index (χ4n) is 4.87. The quantitative estimate of drug-likeness (QED) is 0.647. The molecule has 0 radical (unpaired) electrons. The largest absolute Gasteiger partial charge is 0.435 e. The molecule has 1 unspecified atom stereocenters. The van der Waals surface area contributed by atoms with Crippen LogP contribution in [-0.4, -0.2) is 23.8 Å². The van der Waals surface area contributed by atoms with Crippen LogP contribution in [0, 0.1) is 0 Å². The van der Waals surface area contributed by atoms with Crippen LogP contribution in [-0.2, 0) is 10.2 Å². The predicted molar refractivity (Wildman–Crippen MR) is 102 cm³/mol. The van der Waals surface area contributed by atoms with Crippen LogP contribution in [0.4, 0.5) is 22.0 Å². The van der Waals surface area contributed by atoms with Crippen molar-refractivity contribution in [1.82, 2.24) is 10.6 Å². The van der Waals surface area contributed by atoms with Crippen molar-refractivity contribution < 1.29 is 26.7 Å². The number of carbonyl (C=O) groups excluding carboxylic acids is 1. The molecule has 3 aliphatic rings. The second-order valence-electron chi connectivity index (χ2n) is 8.58. The first-order valence-corrected chi connectivity index (χ1v) is 9.84. The van der Waals surface area contributed by atoms with Crippen molar-refractivity contribution in [1.29, 1.82) is 0 Å². The third-order valence-corrected chi connectivity index (χ3v) is 6.03. The highest BCUT2D eigenvalue weighted by atomic mass is 19.4. The predicted octanol–water partition coefficient (Wildman–Crippen LogP) is 5.04. The topological polar surface area (TPSA) is 65.8 Å². The van der Waals surface area contributed by atoms with E-state index in [1.165, 1.54) is 24.3 Å². The Labute approximate surface area is 175 Å². The van der Waals surface area contributed by atoms with Crippen molar-refractivity contribution in [2.45, 2.75) is 63.3 Å². The van der Waals surface area contributed by atoms with E-state index in [4.69, 9.17) is 0 Å². The van der Waals surface area contributed by atoms with Gasteiger partial charge in [0.15, 0.2) is 11.9 Å². The van der Waals surface area contributed by atoms with Crippen molar-refractivity contribution in [3.05, 3.63) is 57.9 Å². The van der Waals surface area contributed by atoms with Gasteiger partial charge in [-0.2, -0.15) is 18.3 Å². The number of nitrogens with one attached hydrogen (secondary N) is 2. The Balaban J connectivity index is 2.08. The van der Waals surface area contributed by atoms with Gasteiger partial charge in [-0.25, -0.2) is 8.78 Å². The monoisotopic (exact) mass is 440 g/mol. The molecule has 4 rings (SSSR count). The van der Waals surface area contributed by atoms with E-state index in [-0.39, 0.29) is 28.7 Å². The molecule has 10 heteroatoms. The van der Waals surface area contributed by atoms with Gasteiger partial charge >= 0.3 is 6.18 Å². The molecule has 166 valence electrons. The van der Waals surface area contributed by atoms with Crippen molar-refractivity contribution in [3.8, 4) is 0 Å². The molecule has 0 aromatic heterocycles. The number of alkyl halides is 5. The third-order valence-electron chi connectivity index (χ3n) is 6.03. The molecule has 1 aromatic carbocycles. The summed E-state index contributed by atoms with van der Waals surface area (Å²) in [5.74, 6) is -0.539. The van der Waals surface area contributed by atoms with Gasteiger partial charge in [-0.3, -0.25) is 4.79 Å². The van der Waals surface area contributed by atoms with Gasteiger partial charge in [-0.05, 0) is 31.9 Å². The highest BCUT2D eigenvalue weighted by Crippen LogP contribution is 2.54. The summed E-state index contributed by atoms with van der Waals surface area (Å²) < 4.78 is 68.6. The molecule has 3 aliphatic heterocycles. The van der Waals surface area contributed by atoms with Crippen molar-refractivity contribution in [2.75, 3.05) is 0 Å². The van der Waals surface area contributed by atoms with Gasteiger partial charge in [-0.15, -0.1) is 5.11 Å². The minimum absolute atomic E-state index is 0.0322. The number of azo groups is 1. The van der Waals surface area contributed by atoms with Crippen LogP contribution in [0.3, 0.4) is 0 Å². The van der Waals surface area contributed by atoms with Crippen LogP contribution in [0.5, 0.6) is 0 Å². The van der Waals surface area contributed by atoms with E-state index in [1.807, 2.05) is 0 Å². The van der Waals surface area contributed by atoms with Crippen LogP contribution in [0.25, 0.3) is 0 Å². The van der Waals surface area contributed by atoms with Crippen LogP contribution in [0.2, 0.25) is 0 Å². The Bertz CT molecular complexity index is 1040. The first kappa shape index (κ1) is 21.5. The maximum Gasteiger partial charge on any atom is 0.435 e. The molecule has 0 fully saturated rings. The molecular formula is C21H21F5N4O. The molecule has 3 heterocycles. The average Bonchev–Trinajstić information content (AvgIpc) is 3.10. The normalized spacial score (nSPS) is 27.3. The van der Waals surface area contributed by atoms with Gasteiger partial charge in [-0.1, -0.05) is 25.1 Å². The summed E-state index contributed by atoms with van der Waals surface area (Å²) >= 11 is 0. The third kappa shape index (κ3) is 3.23. The molecule has 2 N–H and O–H groups in total. The minimum atomic E-state index is -4.82. The number of rotatable bonds is 3. The molecule has 5 nitrogen and oxygen atoms in total. The van der Waals surface area contributed by atoms with E-state index in [2.05, 4.69) is 20.9 Å². The second kappa shape index (κ2) is 6.86. The number of benzene rings is 1. The Hall–Kier alpha value is -2.78. The summed E-state index contributed by atoms with van der Waals surface area (Å²) in [6.07, 6.45) is -8.41. The van der Waals surface area contributed by atoms with Crippen molar-refractivity contribution in [3.63, 3.8) is 0 Å². The molecule has 1 aromatic rings. The first-order valence-electron chi connectivity index (χ1n) is 9.84. The average molecular weight is 440 g/mol. The zero-order valence-electron chi connectivity index (χ0n) is 17.1. The van der Waals surface area contributed by atoms with Gasteiger partial charge in [0.25, 0.3) is 12.3 Å². The number of allylic oxidation sites excluding steroid dienone is 1. The molecule has 1 amide bonds. The number of halogens is 5. The lowest BCUT2D eigenvalue weighted by molar-refractivity contribution is -0.120. The van der Waals surface area contributed by atoms with Gasteiger partial charge in [0.05, 0.1) is 11.0 Å². The number of nitrogens with zero attached hydrogens (tertiary/aromatic N) is 2. The number of fused-ring (bicyclic) bond motifs is 1. The van der Waals surface area contributed by atoms with Gasteiger partial charge in [0.1, 0.15) is 0 Å². The molecule has 0 aliphatic carbocycles. The van der Waals surface area contributed by atoms with E-state index in [1.54, 1.807) is 20.8 Å². The lowest BCUT2D eigenvalue weighted by Gasteiger charge is -2.48. The van der Waals surface area contributed by atoms with Crippen LogP contribution in [0.1, 0.15) is 51.2 Å². The number of amides is 1. The molecular weight excluding hydrogens is 419 g/mol. The lowest BCUT2D eigenvalue weighted by atomic mass is 9.61. The second-order valence-corrected chi connectivity index (χ2v) is 8.58. The van der Waals surface area contributed by atoms with Crippen LogP contribution in [0.15, 0.2) is 57.0 Å². The maximum absolute atomic E-state index is 13.9. The molecule has 31 heavy (non-hydrogen) atoms. The fraction of sp³-hybridized carbons (Fsp3) is 0.476. The first-order chi connectivity index (χ1) is 14.4. The van der Waals surface area contributed by atoms with E-state index in [0.717, 1.165) is 0 Å². The summed E-state index contributed by atoms with van der Waals surface area (Å²) in [6, 6.07) is 5.23. The van der Waals surface area contributed by atoms with E-state index >= 15 is 0 Å². The Morgan fingerprint density at radius 3 is 2.58 bits per heavy atom. The smallest absolute Gasteiger partial charge is 0.362 e. The standard InChI is InChI=1S/C21H21F5N4O/c1-4-20(11-7-5-6-10(8-11)16(22)23)13-12(9-19(2,3)28-18(13)31)27-17-14(20)15(29-30-17)21(24,25)26/h5-8,16-17,27H,4,9H2,1-3H3,(H,28,31)/t17?,20-/m0/s1. The summed E-state index contributed by atoms with van der Waals surface area (Å²) in [5, 5.41) is 13.0. The zero-order valence-corrected chi connectivity index (χ0v) is 17.1. The molecule has 0 bridgehead atoms. The van der Waals surface area contributed by atoms with Gasteiger partial charge in [0.2, 0.25) is 0 Å². The summed E-state index contributed by atoms with van der Waals surface area (Å²) in [6.45, 7) is 5.22. The van der Waals surface area contributed by atoms with Crippen LogP contribution >= 0.6 is 0 Å². The highest BCUT2D eigenvalue weighted by Gasteiger charge is 2.57. The molecule has 0 spiro atoms. The molecule has 0 saturated carbocycles. The minimum Gasteiger partial charge on any atom is -0.362 e. The maximum atomic E-state index is 13.9.